The average molecular weight is 581 g/mol. The molecule has 0 saturated heterocycles. The van der Waals surface area contributed by atoms with Crippen LogP contribution in [-0.4, -0.2) is 54.3 Å². The maximum Gasteiger partial charge on any atom is 0.413 e. The van der Waals surface area contributed by atoms with Gasteiger partial charge in [-0.2, -0.15) is 0 Å². The molecule has 1 heterocycles. The number of alkyl carbamates (subject to hydrolysis) is 2. The fraction of sp³-hybridized carbons (Fsp3) is 0.500. The number of carbonyl (C=O) groups is 3. The molecule has 3 rings (SSSR count). The number of amides is 3. The molecule has 4 N–H and O–H groups in total. The Hall–Kier alpha value is -4.08. The van der Waals surface area contributed by atoms with Crippen LogP contribution in [0.3, 0.4) is 0 Å². The van der Waals surface area contributed by atoms with E-state index in [9.17, 15) is 14.4 Å². The molecule has 42 heavy (non-hydrogen) atoms. The van der Waals surface area contributed by atoms with Crippen molar-refractivity contribution in [2.45, 2.75) is 90.4 Å². The standard InChI is InChI=1S/C32H44N4O6/c1-30(2,3)41-28(38)35-19-32(7,8)21-15-13-20(14-16-21)27(37)34-18-17-23-22-11-9-10-12-24(22)40-25(23)26(33)36-29(39)42-31(4,5)6/h9-16,23,25H,17-19H2,1-8H3,(H,34,37)(H,35,38)(H2,33,36,39). The fourth-order valence-electron chi connectivity index (χ4n) is 4.55. The molecule has 0 radical (unpaired) electrons. The summed E-state index contributed by atoms with van der Waals surface area (Å²) < 4.78 is 16.6. The average Bonchev–Trinajstić information content (AvgIpc) is 3.24. The van der Waals surface area contributed by atoms with Gasteiger partial charge in [0.25, 0.3) is 5.91 Å². The van der Waals surface area contributed by atoms with Gasteiger partial charge in [-0.1, -0.05) is 44.2 Å². The number of hydrogen-bond donors (Lipinski definition) is 4. The molecule has 228 valence electrons. The molecule has 1 aliphatic rings. The van der Waals surface area contributed by atoms with Gasteiger partial charge >= 0.3 is 12.2 Å². The number of amidine groups is 1. The van der Waals surface area contributed by atoms with E-state index in [1.165, 1.54) is 0 Å². The lowest BCUT2D eigenvalue weighted by Crippen LogP contribution is -2.44. The van der Waals surface area contributed by atoms with Crippen LogP contribution in [0.5, 0.6) is 5.75 Å². The fourth-order valence-corrected chi connectivity index (χ4v) is 4.55. The number of carbonyl (C=O) groups excluding carboxylic acids is 3. The third-order valence-electron chi connectivity index (χ3n) is 6.60. The minimum atomic E-state index is -0.720. The van der Waals surface area contributed by atoms with Crippen LogP contribution in [-0.2, 0) is 14.9 Å². The third-order valence-corrected chi connectivity index (χ3v) is 6.60. The van der Waals surface area contributed by atoms with E-state index in [-0.39, 0.29) is 23.1 Å². The van der Waals surface area contributed by atoms with E-state index >= 15 is 0 Å². The first kappa shape index (κ1) is 32.4. The Balaban J connectivity index is 1.58. The van der Waals surface area contributed by atoms with Crippen LogP contribution in [0, 0.1) is 5.41 Å². The van der Waals surface area contributed by atoms with Crippen LogP contribution in [0.15, 0.2) is 48.5 Å². The van der Waals surface area contributed by atoms with E-state index in [1.807, 2.05) is 71.0 Å². The first-order valence-corrected chi connectivity index (χ1v) is 14.1. The second kappa shape index (κ2) is 12.8. The van der Waals surface area contributed by atoms with Gasteiger partial charge in [0, 0.05) is 35.5 Å². The molecule has 0 spiro atoms. The van der Waals surface area contributed by atoms with E-state index in [0.29, 0.717) is 30.8 Å². The maximum atomic E-state index is 12.9. The van der Waals surface area contributed by atoms with Gasteiger partial charge in [-0.05, 0) is 71.7 Å². The predicted octanol–water partition coefficient (Wildman–Crippen LogP) is 5.66. The van der Waals surface area contributed by atoms with Gasteiger partial charge in [0.15, 0.2) is 6.10 Å². The van der Waals surface area contributed by atoms with E-state index in [4.69, 9.17) is 19.6 Å². The van der Waals surface area contributed by atoms with E-state index in [0.717, 1.165) is 11.1 Å². The van der Waals surface area contributed by atoms with Gasteiger partial charge in [0.2, 0.25) is 0 Å². The molecule has 0 fully saturated rings. The van der Waals surface area contributed by atoms with E-state index < -0.39 is 29.5 Å². The molecule has 10 nitrogen and oxygen atoms in total. The highest BCUT2D eigenvalue weighted by molar-refractivity contribution is 5.97. The summed E-state index contributed by atoms with van der Waals surface area (Å²) in [6.07, 6.45) is -1.42. The summed E-state index contributed by atoms with van der Waals surface area (Å²) in [6.45, 7) is 15.4. The van der Waals surface area contributed by atoms with Crippen LogP contribution in [0.1, 0.15) is 89.2 Å². The normalized spacial score (nSPS) is 16.5. The smallest absolute Gasteiger partial charge is 0.413 e. The first-order chi connectivity index (χ1) is 19.4. The number of hydrogen-bond acceptors (Lipinski definition) is 7. The Morgan fingerprint density at radius 1 is 0.833 bits per heavy atom. The summed E-state index contributed by atoms with van der Waals surface area (Å²) >= 11 is 0. The molecule has 2 aromatic carbocycles. The number of nitrogens with one attached hydrogen (secondary N) is 4. The summed E-state index contributed by atoms with van der Waals surface area (Å²) in [6, 6.07) is 14.8. The largest absolute Gasteiger partial charge is 0.482 e. The molecule has 0 bridgehead atoms. The van der Waals surface area contributed by atoms with E-state index in [2.05, 4.69) is 16.0 Å². The Bertz CT molecular complexity index is 1290. The van der Waals surface area contributed by atoms with Gasteiger partial charge < -0.3 is 24.8 Å². The van der Waals surface area contributed by atoms with Crippen molar-refractivity contribution in [3.63, 3.8) is 0 Å². The molecule has 0 aromatic heterocycles. The van der Waals surface area contributed by atoms with Crippen LogP contribution in [0.4, 0.5) is 9.59 Å². The van der Waals surface area contributed by atoms with Gasteiger partial charge in [0.1, 0.15) is 22.8 Å². The number of benzene rings is 2. The molecule has 1 aliphatic heterocycles. The molecule has 3 amide bonds. The summed E-state index contributed by atoms with van der Waals surface area (Å²) in [5, 5.41) is 16.8. The Morgan fingerprint density at radius 2 is 1.43 bits per heavy atom. The quantitative estimate of drug-likeness (QED) is 0.235. The van der Waals surface area contributed by atoms with Gasteiger partial charge in [0.05, 0.1) is 0 Å². The topological polar surface area (TPSA) is 139 Å². The first-order valence-electron chi connectivity index (χ1n) is 14.1. The van der Waals surface area contributed by atoms with Crippen molar-refractivity contribution in [1.29, 1.82) is 5.41 Å². The number of ether oxygens (including phenoxy) is 3. The Morgan fingerprint density at radius 3 is 2.05 bits per heavy atom. The molecule has 0 saturated carbocycles. The lowest BCUT2D eigenvalue weighted by molar-refractivity contribution is 0.0514. The second-order valence-corrected chi connectivity index (χ2v) is 13.1. The highest BCUT2D eigenvalue weighted by Crippen LogP contribution is 2.40. The molecular formula is C32H44N4O6. The lowest BCUT2D eigenvalue weighted by atomic mass is 9.84. The molecule has 2 aromatic rings. The van der Waals surface area contributed by atoms with Crippen molar-refractivity contribution in [3.05, 3.63) is 65.2 Å². The zero-order valence-electron chi connectivity index (χ0n) is 25.8. The van der Waals surface area contributed by atoms with Crippen molar-refractivity contribution in [3.8, 4) is 5.75 Å². The number of para-hydroxylation sites is 1. The van der Waals surface area contributed by atoms with E-state index in [1.54, 1.807) is 32.9 Å². The van der Waals surface area contributed by atoms with Crippen LogP contribution in [0.25, 0.3) is 0 Å². The highest BCUT2D eigenvalue weighted by atomic mass is 16.6. The highest BCUT2D eigenvalue weighted by Gasteiger charge is 2.38. The van der Waals surface area contributed by atoms with Crippen molar-refractivity contribution in [2.75, 3.05) is 13.1 Å². The molecule has 10 heteroatoms. The molecule has 2 unspecified atom stereocenters. The van der Waals surface area contributed by atoms with Crippen molar-refractivity contribution < 1.29 is 28.6 Å². The van der Waals surface area contributed by atoms with Gasteiger partial charge in [-0.25, -0.2) is 9.59 Å². The predicted molar refractivity (Wildman–Crippen MR) is 161 cm³/mol. The third kappa shape index (κ3) is 9.22. The maximum absolute atomic E-state index is 12.9. The zero-order valence-corrected chi connectivity index (χ0v) is 25.8. The van der Waals surface area contributed by atoms with Crippen LogP contribution >= 0.6 is 0 Å². The van der Waals surface area contributed by atoms with Gasteiger partial charge in [-0.15, -0.1) is 0 Å². The van der Waals surface area contributed by atoms with Crippen molar-refractivity contribution in [1.82, 2.24) is 16.0 Å². The van der Waals surface area contributed by atoms with Gasteiger partial charge in [-0.3, -0.25) is 15.5 Å². The SMILES string of the molecule is CC(C)(C)OC(=O)NCC(C)(C)c1ccc(C(=O)NCCC2c3ccccc3OC2C(=N)NC(=O)OC(C)(C)C)cc1. The zero-order chi connectivity index (χ0) is 31.3. The second-order valence-electron chi connectivity index (χ2n) is 13.1. The minimum Gasteiger partial charge on any atom is -0.482 e. The number of fused-ring (bicyclic) bond motifs is 1. The molecular weight excluding hydrogens is 536 g/mol. The van der Waals surface area contributed by atoms with Crippen molar-refractivity contribution in [2.24, 2.45) is 0 Å². The minimum absolute atomic E-state index is 0.101. The summed E-state index contributed by atoms with van der Waals surface area (Å²) in [4.78, 5) is 37.3. The molecule has 0 aliphatic carbocycles. The number of rotatable bonds is 8. The van der Waals surface area contributed by atoms with Crippen LogP contribution in [0.2, 0.25) is 0 Å². The summed E-state index contributed by atoms with van der Waals surface area (Å²) in [5.41, 5.74) is 0.741. The summed E-state index contributed by atoms with van der Waals surface area (Å²) in [7, 11) is 0. The van der Waals surface area contributed by atoms with Crippen molar-refractivity contribution >= 4 is 23.9 Å². The molecule has 2 atom stereocenters. The Labute approximate surface area is 248 Å². The lowest BCUT2D eigenvalue weighted by Gasteiger charge is -2.27. The van der Waals surface area contributed by atoms with Crippen LogP contribution < -0.4 is 20.7 Å². The monoisotopic (exact) mass is 580 g/mol. The summed E-state index contributed by atoms with van der Waals surface area (Å²) in [5.74, 6) is 0.0755. The Kier molecular flexibility index (Phi) is 9.91.